The first kappa shape index (κ1) is 9.92. The lowest BCUT2D eigenvalue weighted by molar-refractivity contribution is 0.275. The molecule has 0 atom stereocenters. The Bertz CT molecular complexity index is 304. The highest BCUT2D eigenvalue weighted by molar-refractivity contribution is 5.10. The first-order valence-electron chi connectivity index (χ1n) is 4.35. The topological polar surface area (TPSA) is 50.9 Å². The SMILES string of the molecule is C=C(C)Cn1nnc(CO)c1CC. The second kappa shape index (κ2) is 4.18. The second-order valence-electron chi connectivity index (χ2n) is 3.11. The van der Waals surface area contributed by atoms with E-state index in [9.17, 15) is 0 Å². The third-order valence-corrected chi connectivity index (χ3v) is 1.82. The average Bonchev–Trinajstić information content (AvgIpc) is 2.45. The maximum atomic E-state index is 8.96. The highest BCUT2D eigenvalue weighted by Gasteiger charge is 2.09. The van der Waals surface area contributed by atoms with E-state index < -0.39 is 0 Å². The minimum absolute atomic E-state index is 0.0423. The highest BCUT2D eigenvalue weighted by atomic mass is 16.3. The van der Waals surface area contributed by atoms with Gasteiger partial charge >= 0.3 is 0 Å². The predicted molar refractivity (Wildman–Crippen MR) is 50.1 cm³/mol. The molecule has 0 bridgehead atoms. The molecule has 0 aromatic carbocycles. The van der Waals surface area contributed by atoms with Gasteiger partial charge in [-0.05, 0) is 13.3 Å². The number of hydrogen-bond acceptors (Lipinski definition) is 3. The molecule has 72 valence electrons. The van der Waals surface area contributed by atoms with Gasteiger partial charge < -0.3 is 5.11 Å². The van der Waals surface area contributed by atoms with Crippen molar-refractivity contribution in [2.24, 2.45) is 0 Å². The van der Waals surface area contributed by atoms with Crippen molar-refractivity contribution in [1.29, 1.82) is 0 Å². The summed E-state index contributed by atoms with van der Waals surface area (Å²) in [4.78, 5) is 0. The number of rotatable bonds is 4. The Morgan fingerprint density at radius 2 is 2.31 bits per heavy atom. The Balaban J connectivity index is 2.93. The third kappa shape index (κ3) is 2.15. The fourth-order valence-corrected chi connectivity index (χ4v) is 1.26. The molecule has 0 saturated heterocycles. The molecular weight excluding hydrogens is 166 g/mol. The lowest BCUT2D eigenvalue weighted by Gasteiger charge is -2.04. The first-order chi connectivity index (χ1) is 6.19. The number of aliphatic hydroxyl groups excluding tert-OH is 1. The molecule has 4 heteroatoms. The first-order valence-corrected chi connectivity index (χ1v) is 4.35. The molecule has 1 aromatic heterocycles. The van der Waals surface area contributed by atoms with Crippen LogP contribution in [-0.2, 0) is 19.6 Å². The van der Waals surface area contributed by atoms with Crippen LogP contribution in [0.5, 0.6) is 0 Å². The van der Waals surface area contributed by atoms with Crippen molar-refractivity contribution >= 4 is 0 Å². The van der Waals surface area contributed by atoms with E-state index in [1.165, 1.54) is 0 Å². The molecule has 0 aliphatic heterocycles. The van der Waals surface area contributed by atoms with Gasteiger partial charge in [-0.25, -0.2) is 4.68 Å². The number of aromatic nitrogens is 3. The molecular formula is C9H15N3O. The molecule has 0 radical (unpaired) electrons. The Morgan fingerprint density at radius 3 is 2.77 bits per heavy atom. The molecule has 0 unspecified atom stereocenters. The molecule has 0 aliphatic rings. The molecule has 0 fully saturated rings. The fraction of sp³-hybridized carbons (Fsp3) is 0.556. The van der Waals surface area contributed by atoms with E-state index in [0.29, 0.717) is 12.2 Å². The van der Waals surface area contributed by atoms with E-state index in [1.807, 2.05) is 13.8 Å². The molecule has 1 N–H and O–H groups in total. The summed E-state index contributed by atoms with van der Waals surface area (Å²) in [6.07, 6.45) is 0.830. The summed E-state index contributed by atoms with van der Waals surface area (Å²) >= 11 is 0. The summed E-state index contributed by atoms with van der Waals surface area (Å²) in [6, 6.07) is 0. The monoisotopic (exact) mass is 181 g/mol. The molecule has 0 saturated carbocycles. The summed E-state index contributed by atoms with van der Waals surface area (Å²) in [5.74, 6) is 0. The van der Waals surface area contributed by atoms with Gasteiger partial charge in [0.05, 0.1) is 18.8 Å². The second-order valence-corrected chi connectivity index (χ2v) is 3.11. The Kier molecular flexibility index (Phi) is 3.19. The molecule has 0 amide bonds. The van der Waals surface area contributed by atoms with Gasteiger partial charge in [0.15, 0.2) is 0 Å². The largest absolute Gasteiger partial charge is 0.390 e. The summed E-state index contributed by atoms with van der Waals surface area (Å²) in [7, 11) is 0. The zero-order valence-electron chi connectivity index (χ0n) is 8.12. The van der Waals surface area contributed by atoms with Gasteiger partial charge in [-0.3, -0.25) is 0 Å². The molecule has 0 aliphatic carbocycles. The van der Waals surface area contributed by atoms with Gasteiger partial charge in [0.1, 0.15) is 5.69 Å². The van der Waals surface area contributed by atoms with Crippen LogP contribution >= 0.6 is 0 Å². The molecule has 0 spiro atoms. The molecule has 1 heterocycles. The van der Waals surface area contributed by atoms with Crippen molar-refractivity contribution in [3.05, 3.63) is 23.5 Å². The van der Waals surface area contributed by atoms with Crippen LogP contribution in [0, 0.1) is 0 Å². The summed E-state index contributed by atoms with van der Waals surface area (Å²) in [5, 5.41) is 16.8. The lowest BCUT2D eigenvalue weighted by Crippen LogP contribution is -2.06. The highest BCUT2D eigenvalue weighted by Crippen LogP contribution is 2.07. The average molecular weight is 181 g/mol. The van der Waals surface area contributed by atoms with Crippen molar-refractivity contribution in [1.82, 2.24) is 15.0 Å². The van der Waals surface area contributed by atoms with E-state index in [2.05, 4.69) is 16.9 Å². The van der Waals surface area contributed by atoms with Crippen LogP contribution in [0.2, 0.25) is 0 Å². The maximum absolute atomic E-state index is 8.96. The smallest absolute Gasteiger partial charge is 0.111 e. The van der Waals surface area contributed by atoms with Crippen LogP contribution in [0.1, 0.15) is 25.2 Å². The predicted octanol–water partition coefficient (Wildman–Crippen LogP) is 0.909. The Labute approximate surface area is 77.9 Å². The van der Waals surface area contributed by atoms with Crippen molar-refractivity contribution in [2.45, 2.75) is 33.4 Å². The molecule has 1 aromatic rings. The minimum Gasteiger partial charge on any atom is -0.390 e. The number of aliphatic hydroxyl groups is 1. The van der Waals surface area contributed by atoms with Gasteiger partial charge in [0, 0.05) is 0 Å². The van der Waals surface area contributed by atoms with Crippen LogP contribution in [0.4, 0.5) is 0 Å². The van der Waals surface area contributed by atoms with Gasteiger partial charge in [0.25, 0.3) is 0 Å². The van der Waals surface area contributed by atoms with Crippen molar-refractivity contribution in [3.63, 3.8) is 0 Å². The lowest BCUT2D eigenvalue weighted by atomic mass is 10.2. The number of allylic oxidation sites excluding steroid dienone is 1. The van der Waals surface area contributed by atoms with Gasteiger partial charge in [-0.2, -0.15) is 0 Å². The van der Waals surface area contributed by atoms with Crippen molar-refractivity contribution in [2.75, 3.05) is 0 Å². The number of hydrogen-bond donors (Lipinski definition) is 1. The molecule has 13 heavy (non-hydrogen) atoms. The van der Waals surface area contributed by atoms with Crippen molar-refractivity contribution < 1.29 is 5.11 Å². The Hall–Kier alpha value is -1.16. The zero-order valence-corrected chi connectivity index (χ0v) is 8.12. The van der Waals surface area contributed by atoms with E-state index in [4.69, 9.17) is 5.11 Å². The summed E-state index contributed by atoms with van der Waals surface area (Å²) in [5.41, 5.74) is 2.69. The summed E-state index contributed by atoms with van der Waals surface area (Å²) in [6.45, 7) is 8.41. The minimum atomic E-state index is -0.0423. The van der Waals surface area contributed by atoms with Crippen LogP contribution in [0.25, 0.3) is 0 Å². The van der Waals surface area contributed by atoms with Crippen LogP contribution < -0.4 is 0 Å². The van der Waals surface area contributed by atoms with Gasteiger partial charge in [0.2, 0.25) is 0 Å². The normalized spacial score (nSPS) is 10.4. The Morgan fingerprint density at radius 1 is 1.62 bits per heavy atom. The quantitative estimate of drug-likeness (QED) is 0.702. The van der Waals surface area contributed by atoms with E-state index in [0.717, 1.165) is 17.7 Å². The number of nitrogens with zero attached hydrogens (tertiary/aromatic N) is 3. The van der Waals surface area contributed by atoms with Crippen LogP contribution in [0.3, 0.4) is 0 Å². The van der Waals surface area contributed by atoms with E-state index in [-0.39, 0.29) is 6.61 Å². The van der Waals surface area contributed by atoms with Gasteiger partial charge in [-0.1, -0.05) is 24.3 Å². The maximum Gasteiger partial charge on any atom is 0.111 e. The van der Waals surface area contributed by atoms with Crippen LogP contribution in [0.15, 0.2) is 12.2 Å². The van der Waals surface area contributed by atoms with Crippen LogP contribution in [-0.4, -0.2) is 20.1 Å². The third-order valence-electron chi connectivity index (χ3n) is 1.82. The van der Waals surface area contributed by atoms with E-state index in [1.54, 1.807) is 4.68 Å². The summed E-state index contributed by atoms with van der Waals surface area (Å²) < 4.78 is 1.79. The molecule has 1 rings (SSSR count). The van der Waals surface area contributed by atoms with Gasteiger partial charge in [-0.15, -0.1) is 5.10 Å². The standard InChI is InChI=1S/C9H15N3O/c1-4-9-8(6-13)10-11-12(9)5-7(2)3/h13H,2,4-6H2,1,3H3. The van der Waals surface area contributed by atoms with E-state index >= 15 is 0 Å². The fourth-order valence-electron chi connectivity index (χ4n) is 1.26. The molecule has 4 nitrogen and oxygen atoms in total. The zero-order chi connectivity index (χ0) is 9.84. The van der Waals surface area contributed by atoms with Crippen molar-refractivity contribution in [3.8, 4) is 0 Å².